The van der Waals surface area contributed by atoms with Crippen molar-refractivity contribution in [1.82, 2.24) is 10.3 Å². The lowest BCUT2D eigenvalue weighted by Crippen LogP contribution is -2.47. The van der Waals surface area contributed by atoms with Gasteiger partial charge in [-0.1, -0.05) is 41.9 Å². The van der Waals surface area contributed by atoms with Gasteiger partial charge in [-0.3, -0.25) is 4.79 Å². The number of H-pyrrole nitrogens is 1. The minimum atomic E-state index is -1.26. The van der Waals surface area contributed by atoms with Gasteiger partial charge < -0.3 is 29.7 Å². The third kappa shape index (κ3) is 5.90. The van der Waals surface area contributed by atoms with E-state index in [9.17, 15) is 24.6 Å². The number of carbonyl (C=O) groups is 2. The first-order valence-corrected chi connectivity index (χ1v) is 13.3. The average molecular weight is 575 g/mol. The standard InChI is InChI=1S/C31H27ClN2O7/c1-16-21-13-24(32)28(14-27(21)41-31(39)22(16)10-18-6-4-3-5-7-18)40-17(2)29(36)34-26(30(37)38)11-19-15-33-25-9-8-20(35)12-23(19)25/h3-9,12-15,17,26,33,35H,10-11H2,1-2H3,(H,34,36)(H,37,38)/t17-,26+/m1/s1. The van der Waals surface area contributed by atoms with Gasteiger partial charge in [0.25, 0.3) is 5.91 Å². The zero-order valence-electron chi connectivity index (χ0n) is 22.2. The van der Waals surface area contributed by atoms with Crippen LogP contribution < -0.4 is 15.7 Å². The zero-order chi connectivity index (χ0) is 29.3. The molecule has 9 nitrogen and oxygen atoms in total. The van der Waals surface area contributed by atoms with Crippen LogP contribution in [0.5, 0.6) is 11.5 Å². The van der Waals surface area contributed by atoms with Crippen LogP contribution in [-0.2, 0) is 22.4 Å². The van der Waals surface area contributed by atoms with Crippen LogP contribution in [-0.4, -0.2) is 39.2 Å². The minimum Gasteiger partial charge on any atom is -0.508 e. The van der Waals surface area contributed by atoms with Crippen molar-refractivity contribution < 1.29 is 29.0 Å². The Morgan fingerprint density at radius 3 is 2.59 bits per heavy atom. The van der Waals surface area contributed by atoms with E-state index in [-0.39, 0.29) is 28.5 Å². The van der Waals surface area contributed by atoms with Crippen molar-refractivity contribution >= 4 is 45.3 Å². The molecule has 0 saturated carbocycles. The molecule has 0 unspecified atom stereocenters. The van der Waals surface area contributed by atoms with E-state index in [1.807, 2.05) is 37.3 Å². The molecule has 2 aromatic heterocycles. The fourth-order valence-corrected chi connectivity index (χ4v) is 4.98. The number of nitrogens with one attached hydrogen (secondary N) is 2. The number of aromatic nitrogens is 1. The highest BCUT2D eigenvalue weighted by molar-refractivity contribution is 6.32. The summed E-state index contributed by atoms with van der Waals surface area (Å²) >= 11 is 6.50. The average Bonchev–Trinajstić information content (AvgIpc) is 3.33. The quantitative estimate of drug-likeness (QED) is 0.179. The normalized spacial score (nSPS) is 12.8. The van der Waals surface area contributed by atoms with Gasteiger partial charge in [-0.05, 0) is 54.8 Å². The first-order chi connectivity index (χ1) is 19.6. The van der Waals surface area contributed by atoms with Gasteiger partial charge in [0.05, 0.1) is 5.02 Å². The molecule has 2 atom stereocenters. The number of hydrogen-bond donors (Lipinski definition) is 4. The summed E-state index contributed by atoms with van der Waals surface area (Å²) in [5.41, 5.74) is 3.34. The highest BCUT2D eigenvalue weighted by Gasteiger charge is 2.26. The Balaban J connectivity index is 1.33. The van der Waals surface area contributed by atoms with Crippen LogP contribution in [0.4, 0.5) is 0 Å². The van der Waals surface area contributed by atoms with E-state index in [2.05, 4.69) is 10.3 Å². The molecule has 0 aliphatic rings. The lowest BCUT2D eigenvalue weighted by Gasteiger charge is -2.20. The predicted octanol–water partition coefficient (Wildman–Crippen LogP) is 5.11. The van der Waals surface area contributed by atoms with E-state index < -0.39 is 29.6 Å². The molecule has 5 rings (SSSR count). The van der Waals surface area contributed by atoms with Crippen LogP contribution in [0.15, 0.2) is 76.1 Å². The summed E-state index contributed by atoms with van der Waals surface area (Å²) in [6, 6.07) is 16.1. The van der Waals surface area contributed by atoms with Crippen LogP contribution in [0, 0.1) is 6.92 Å². The molecule has 0 radical (unpaired) electrons. The van der Waals surface area contributed by atoms with Crippen LogP contribution in [0.25, 0.3) is 21.9 Å². The molecular weight excluding hydrogens is 548 g/mol. The Bertz CT molecular complexity index is 1830. The van der Waals surface area contributed by atoms with Crippen LogP contribution >= 0.6 is 11.6 Å². The van der Waals surface area contributed by atoms with Gasteiger partial charge >= 0.3 is 11.6 Å². The Labute approximate surface area is 239 Å². The number of hydrogen-bond acceptors (Lipinski definition) is 6. The molecule has 0 aliphatic carbocycles. The zero-order valence-corrected chi connectivity index (χ0v) is 23.0. The first-order valence-electron chi connectivity index (χ1n) is 12.9. The number of benzene rings is 3. The van der Waals surface area contributed by atoms with Crippen molar-refractivity contribution in [2.24, 2.45) is 0 Å². The highest BCUT2D eigenvalue weighted by Crippen LogP contribution is 2.33. The molecule has 1 amide bonds. The van der Waals surface area contributed by atoms with E-state index in [4.69, 9.17) is 20.8 Å². The van der Waals surface area contributed by atoms with Gasteiger partial charge in [0.15, 0.2) is 6.10 Å². The predicted molar refractivity (Wildman–Crippen MR) is 155 cm³/mol. The molecule has 4 N–H and O–H groups in total. The Hall–Kier alpha value is -4.76. The fourth-order valence-electron chi connectivity index (χ4n) is 4.77. The fraction of sp³-hybridized carbons (Fsp3) is 0.194. The summed E-state index contributed by atoms with van der Waals surface area (Å²) in [6.07, 6.45) is 0.901. The molecule has 41 heavy (non-hydrogen) atoms. The number of fused-ring (bicyclic) bond motifs is 2. The summed E-state index contributed by atoms with van der Waals surface area (Å²) in [7, 11) is 0. The number of aromatic hydroxyl groups is 1. The number of ether oxygens (including phenoxy) is 1. The highest BCUT2D eigenvalue weighted by atomic mass is 35.5. The molecule has 2 heterocycles. The van der Waals surface area contributed by atoms with Gasteiger partial charge in [-0.15, -0.1) is 0 Å². The monoisotopic (exact) mass is 574 g/mol. The number of phenols is 1. The molecule has 0 fully saturated rings. The third-order valence-electron chi connectivity index (χ3n) is 7.03. The number of halogens is 1. The van der Waals surface area contributed by atoms with E-state index in [0.717, 1.165) is 16.6 Å². The number of aryl methyl sites for hydroxylation is 1. The number of carboxylic acid groups (broad SMARTS) is 1. The lowest BCUT2D eigenvalue weighted by atomic mass is 9.99. The number of amides is 1. The van der Waals surface area contributed by atoms with Gasteiger partial charge in [-0.2, -0.15) is 0 Å². The molecule has 10 heteroatoms. The number of rotatable bonds is 9. The Morgan fingerprint density at radius 1 is 1.10 bits per heavy atom. The second-order valence-corrected chi connectivity index (χ2v) is 10.2. The van der Waals surface area contributed by atoms with Crippen LogP contribution in [0.1, 0.15) is 29.2 Å². The largest absolute Gasteiger partial charge is 0.508 e. The number of aliphatic carboxylic acids is 1. The van der Waals surface area contributed by atoms with Crippen molar-refractivity contribution in [3.63, 3.8) is 0 Å². The molecule has 3 aromatic carbocycles. The summed E-state index contributed by atoms with van der Waals surface area (Å²) in [5, 5.41) is 23.6. The molecule has 0 spiro atoms. The number of carbonyl (C=O) groups excluding carboxylic acids is 1. The molecule has 5 aromatic rings. The van der Waals surface area contributed by atoms with E-state index in [1.54, 1.807) is 18.3 Å². The van der Waals surface area contributed by atoms with E-state index in [1.165, 1.54) is 25.1 Å². The number of phenolic OH excluding ortho intramolecular Hbond substituents is 1. The molecular formula is C31H27ClN2O7. The van der Waals surface area contributed by atoms with Gasteiger partial charge in [0.2, 0.25) is 0 Å². The molecule has 0 saturated heterocycles. The van der Waals surface area contributed by atoms with Gasteiger partial charge in [0, 0.05) is 47.0 Å². The van der Waals surface area contributed by atoms with Crippen LogP contribution in [0.3, 0.4) is 0 Å². The number of aromatic amines is 1. The Kier molecular flexibility index (Phi) is 7.72. The second kappa shape index (κ2) is 11.4. The lowest BCUT2D eigenvalue weighted by molar-refractivity contribution is -0.142. The topological polar surface area (TPSA) is 142 Å². The van der Waals surface area contributed by atoms with Crippen molar-refractivity contribution in [3.05, 3.63) is 105 Å². The number of carboxylic acids is 1. The molecule has 0 bridgehead atoms. The van der Waals surface area contributed by atoms with Crippen LogP contribution in [0.2, 0.25) is 5.02 Å². The van der Waals surface area contributed by atoms with Crippen molar-refractivity contribution in [2.75, 3.05) is 0 Å². The second-order valence-electron chi connectivity index (χ2n) is 9.84. The van der Waals surface area contributed by atoms with E-state index >= 15 is 0 Å². The minimum absolute atomic E-state index is 0.0241. The summed E-state index contributed by atoms with van der Waals surface area (Å²) in [6.45, 7) is 3.29. The maximum Gasteiger partial charge on any atom is 0.340 e. The molecule has 210 valence electrons. The maximum atomic E-state index is 12.9. The molecule has 0 aliphatic heterocycles. The summed E-state index contributed by atoms with van der Waals surface area (Å²) in [4.78, 5) is 40.8. The summed E-state index contributed by atoms with van der Waals surface area (Å²) in [5.74, 6) is -1.75. The Morgan fingerprint density at radius 2 is 1.85 bits per heavy atom. The van der Waals surface area contributed by atoms with Gasteiger partial charge in [-0.25, -0.2) is 9.59 Å². The third-order valence-corrected chi connectivity index (χ3v) is 7.32. The smallest absolute Gasteiger partial charge is 0.340 e. The van der Waals surface area contributed by atoms with Crippen molar-refractivity contribution in [2.45, 2.75) is 38.8 Å². The van der Waals surface area contributed by atoms with E-state index in [0.29, 0.717) is 28.3 Å². The SMILES string of the molecule is Cc1c(Cc2ccccc2)c(=O)oc2cc(O[C@H](C)C(=O)N[C@@H](Cc3c[nH]c4ccc(O)cc34)C(=O)O)c(Cl)cc12. The van der Waals surface area contributed by atoms with Crippen molar-refractivity contribution in [3.8, 4) is 11.5 Å². The maximum absolute atomic E-state index is 12.9. The van der Waals surface area contributed by atoms with Crippen molar-refractivity contribution in [1.29, 1.82) is 0 Å². The first kappa shape index (κ1) is 27.8. The van der Waals surface area contributed by atoms with Gasteiger partial charge in [0.1, 0.15) is 23.1 Å². The summed E-state index contributed by atoms with van der Waals surface area (Å²) < 4.78 is 11.4.